The summed E-state index contributed by atoms with van der Waals surface area (Å²) in [7, 11) is 0. The number of pyridine rings is 1. The summed E-state index contributed by atoms with van der Waals surface area (Å²) in [6, 6.07) is 7.93. The molecular formula is C17H17NO3. The molecule has 1 aromatic carbocycles. The fraction of sp³-hybridized carbons (Fsp3) is 0.294. The number of para-hydroxylation sites is 1. The molecule has 0 radical (unpaired) electrons. The molecule has 1 N–H and O–H groups in total. The Balaban J connectivity index is 1.92. The Morgan fingerprint density at radius 3 is 3.00 bits per heavy atom. The lowest BCUT2D eigenvalue weighted by Gasteiger charge is -2.23. The van der Waals surface area contributed by atoms with E-state index in [0.29, 0.717) is 6.42 Å². The summed E-state index contributed by atoms with van der Waals surface area (Å²) in [4.78, 5) is 15.7. The number of fused-ring (bicyclic) bond motifs is 1. The van der Waals surface area contributed by atoms with Gasteiger partial charge >= 0.3 is 5.97 Å². The van der Waals surface area contributed by atoms with Gasteiger partial charge in [-0.15, -0.1) is 0 Å². The van der Waals surface area contributed by atoms with Gasteiger partial charge in [0.1, 0.15) is 6.10 Å². The van der Waals surface area contributed by atoms with E-state index in [9.17, 15) is 9.90 Å². The van der Waals surface area contributed by atoms with Crippen molar-refractivity contribution in [2.75, 3.05) is 0 Å². The number of cyclic esters (lactones) is 1. The van der Waals surface area contributed by atoms with Crippen LogP contribution < -0.4 is 0 Å². The molecule has 2 atom stereocenters. The Morgan fingerprint density at radius 2 is 2.19 bits per heavy atom. The molecule has 4 heteroatoms. The average molecular weight is 283 g/mol. The maximum absolute atomic E-state index is 11.3. The summed E-state index contributed by atoms with van der Waals surface area (Å²) in [5.41, 5.74) is 3.06. The van der Waals surface area contributed by atoms with Crippen LogP contribution >= 0.6 is 0 Å². The number of ether oxygens (including phenoxy) is 1. The van der Waals surface area contributed by atoms with Gasteiger partial charge in [0, 0.05) is 18.0 Å². The van der Waals surface area contributed by atoms with Gasteiger partial charge in [0.05, 0.1) is 18.0 Å². The number of hydrogen-bond donors (Lipinski definition) is 1. The molecular weight excluding hydrogens is 266 g/mol. The Labute approximate surface area is 123 Å². The molecule has 3 rings (SSSR count). The van der Waals surface area contributed by atoms with E-state index < -0.39 is 6.10 Å². The lowest BCUT2D eigenvalue weighted by molar-refractivity contribution is -0.156. The number of nitrogens with zero attached hydrogens (tertiary/aromatic N) is 1. The van der Waals surface area contributed by atoms with Crippen LogP contribution in [0.2, 0.25) is 0 Å². The smallest absolute Gasteiger partial charge is 0.309 e. The zero-order valence-corrected chi connectivity index (χ0v) is 11.8. The molecule has 0 bridgehead atoms. The number of rotatable bonds is 2. The van der Waals surface area contributed by atoms with E-state index in [1.54, 1.807) is 0 Å². The number of carbonyl (C=O) groups excluding carboxylic acids is 1. The predicted molar refractivity (Wildman–Crippen MR) is 80.6 cm³/mol. The quantitative estimate of drug-likeness (QED) is 0.861. The summed E-state index contributed by atoms with van der Waals surface area (Å²) in [5.74, 6) is -0.347. The van der Waals surface area contributed by atoms with E-state index in [4.69, 9.17) is 4.74 Å². The number of aromatic nitrogens is 1. The second-order valence-corrected chi connectivity index (χ2v) is 5.35. The van der Waals surface area contributed by atoms with Crippen molar-refractivity contribution in [2.45, 2.75) is 32.0 Å². The highest BCUT2D eigenvalue weighted by molar-refractivity contribution is 5.89. The van der Waals surface area contributed by atoms with Crippen molar-refractivity contribution in [3.8, 4) is 0 Å². The van der Waals surface area contributed by atoms with Crippen LogP contribution in [-0.4, -0.2) is 28.3 Å². The monoisotopic (exact) mass is 283 g/mol. The van der Waals surface area contributed by atoms with Gasteiger partial charge in [0.25, 0.3) is 0 Å². The number of aliphatic hydroxyl groups is 1. The first-order valence-electron chi connectivity index (χ1n) is 7.03. The summed E-state index contributed by atoms with van der Waals surface area (Å²) in [5, 5.41) is 10.7. The molecule has 1 fully saturated rings. The Kier molecular flexibility index (Phi) is 3.71. The van der Waals surface area contributed by atoms with Crippen molar-refractivity contribution in [3.63, 3.8) is 0 Å². The molecule has 0 spiro atoms. The molecule has 1 saturated heterocycles. The number of aryl methyl sites for hydroxylation is 1. The first-order chi connectivity index (χ1) is 10.1. The molecule has 1 aliphatic rings. The number of hydrogen-bond acceptors (Lipinski definition) is 4. The summed E-state index contributed by atoms with van der Waals surface area (Å²) >= 11 is 0. The first kappa shape index (κ1) is 13.8. The summed E-state index contributed by atoms with van der Waals surface area (Å²) < 4.78 is 5.23. The summed E-state index contributed by atoms with van der Waals surface area (Å²) in [6.45, 7) is 2.00. The third-order valence-corrected chi connectivity index (χ3v) is 3.68. The molecule has 0 saturated carbocycles. The second kappa shape index (κ2) is 5.66. The average Bonchev–Trinajstić information content (AvgIpc) is 2.45. The van der Waals surface area contributed by atoms with E-state index in [0.717, 1.165) is 22.0 Å². The molecule has 1 aromatic heterocycles. The minimum absolute atomic E-state index is 0.0849. The molecule has 0 amide bonds. The largest absolute Gasteiger partial charge is 0.458 e. The third-order valence-electron chi connectivity index (χ3n) is 3.68. The second-order valence-electron chi connectivity index (χ2n) is 5.35. The van der Waals surface area contributed by atoms with E-state index in [1.165, 1.54) is 0 Å². The van der Waals surface area contributed by atoms with Crippen LogP contribution in [0.5, 0.6) is 0 Å². The minimum Gasteiger partial charge on any atom is -0.458 e. The van der Waals surface area contributed by atoms with Crippen LogP contribution in [0, 0.1) is 6.92 Å². The Morgan fingerprint density at radius 1 is 1.38 bits per heavy atom. The number of benzene rings is 1. The normalized spacial score (nSPS) is 22.7. The molecule has 0 aliphatic carbocycles. The van der Waals surface area contributed by atoms with Gasteiger partial charge < -0.3 is 9.84 Å². The van der Waals surface area contributed by atoms with Crippen molar-refractivity contribution in [2.24, 2.45) is 0 Å². The fourth-order valence-corrected chi connectivity index (χ4v) is 2.61. The van der Waals surface area contributed by atoms with Crippen LogP contribution in [-0.2, 0) is 9.53 Å². The molecule has 108 valence electrons. The minimum atomic E-state index is -0.615. The molecule has 4 nitrogen and oxygen atoms in total. The van der Waals surface area contributed by atoms with Crippen molar-refractivity contribution < 1.29 is 14.6 Å². The zero-order chi connectivity index (χ0) is 14.8. The topological polar surface area (TPSA) is 59.4 Å². The molecule has 1 aliphatic heterocycles. The van der Waals surface area contributed by atoms with Crippen LogP contribution in [0.1, 0.15) is 24.0 Å². The fourth-order valence-electron chi connectivity index (χ4n) is 2.61. The van der Waals surface area contributed by atoms with Gasteiger partial charge in [-0.25, -0.2) is 0 Å². The van der Waals surface area contributed by atoms with Crippen molar-refractivity contribution in [3.05, 3.63) is 47.7 Å². The lowest BCUT2D eigenvalue weighted by Crippen LogP contribution is -2.31. The maximum atomic E-state index is 11.3. The van der Waals surface area contributed by atoms with Gasteiger partial charge in [-0.2, -0.15) is 0 Å². The summed E-state index contributed by atoms with van der Waals surface area (Å²) in [6.07, 6.45) is 5.18. The van der Waals surface area contributed by atoms with Gasteiger partial charge in [0.15, 0.2) is 0 Å². The standard InChI is InChI=1S/C17H17NO3/c1-11-10-18-16-5-3-2-4-15(16)14(11)7-6-13-8-12(19)9-17(20)21-13/h2-7,10,12-13,19H,8-9H2,1H3/b7-6+/t12-,13-/m1/s1. The van der Waals surface area contributed by atoms with E-state index in [-0.39, 0.29) is 18.5 Å². The zero-order valence-electron chi connectivity index (χ0n) is 11.8. The number of esters is 1. The van der Waals surface area contributed by atoms with Crippen LogP contribution in [0.3, 0.4) is 0 Å². The Bertz CT molecular complexity index is 708. The van der Waals surface area contributed by atoms with Crippen molar-refractivity contribution in [1.82, 2.24) is 4.98 Å². The molecule has 2 aromatic rings. The Hall–Kier alpha value is -2.20. The lowest BCUT2D eigenvalue weighted by atomic mass is 10.0. The highest BCUT2D eigenvalue weighted by Gasteiger charge is 2.25. The maximum Gasteiger partial charge on any atom is 0.309 e. The van der Waals surface area contributed by atoms with Gasteiger partial charge in [-0.1, -0.05) is 24.3 Å². The van der Waals surface area contributed by atoms with E-state index in [2.05, 4.69) is 4.98 Å². The van der Waals surface area contributed by atoms with Crippen molar-refractivity contribution in [1.29, 1.82) is 0 Å². The van der Waals surface area contributed by atoms with Crippen LogP contribution in [0.15, 0.2) is 36.5 Å². The highest BCUT2D eigenvalue weighted by Crippen LogP contribution is 2.23. The van der Waals surface area contributed by atoms with Gasteiger partial charge in [-0.3, -0.25) is 9.78 Å². The predicted octanol–water partition coefficient (Wildman–Crippen LogP) is 2.62. The van der Waals surface area contributed by atoms with Crippen LogP contribution in [0.25, 0.3) is 17.0 Å². The first-order valence-corrected chi connectivity index (χ1v) is 7.03. The van der Waals surface area contributed by atoms with Gasteiger partial charge in [-0.05, 0) is 30.2 Å². The highest BCUT2D eigenvalue weighted by atomic mass is 16.5. The number of aliphatic hydroxyl groups excluding tert-OH is 1. The van der Waals surface area contributed by atoms with E-state index >= 15 is 0 Å². The van der Waals surface area contributed by atoms with Gasteiger partial charge in [0.2, 0.25) is 0 Å². The molecule has 0 unspecified atom stereocenters. The van der Waals surface area contributed by atoms with Crippen LogP contribution in [0.4, 0.5) is 0 Å². The van der Waals surface area contributed by atoms with Crippen molar-refractivity contribution >= 4 is 22.9 Å². The SMILES string of the molecule is Cc1cnc2ccccc2c1/C=C/[C@@H]1C[C@@H](O)CC(=O)O1. The van der Waals surface area contributed by atoms with E-state index in [1.807, 2.05) is 49.5 Å². The molecule has 21 heavy (non-hydrogen) atoms. The molecule has 2 heterocycles. The number of carbonyl (C=O) groups is 1. The third kappa shape index (κ3) is 2.95.